The fourth-order valence-corrected chi connectivity index (χ4v) is 3.63. The molecule has 2 aromatic carbocycles. The minimum absolute atomic E-state index is 0.109. The maximum Gasteiger partial charge on any atom is 0.0627 e. The van der Waals surface area contributed by atoms with Crippen molar-refractivity contribution >= 4 is 23.3 Å². The normalized spacial score (nSPS) is 22.1. The van der Waals surface area contributed by atoms with Crippen molar-refractivity contribution in [1.82, 2.24) is 0 Å². The Morgan fingerprint density at radius 2 is 1.88 bits per heavy atom. The molecular weight excluding hydrogens is 326 g/mol. The molecule has 1 fully saturated rings. The number of halogens is 1. The van der Waals surface area contributed by atoms with E-state index in [-0.39, 0.29) is 5.41 Å². The number of benzene rings is 2. The van der Waals surface area contributed by atoms with E-state index in [1.807, 2.05) is 30.3 Å². The third-order valence-electron chi connectivity index (χ3n) is 4.95. The third kappa shape index (κ3) is 4.41. The standard InChI is InChI=1S/C23H22ClN/c1-23(15-16-25)14-13-20(17-23)22(19-5-3-2-4-6-19)12-9-18-7-10-21(24)11-8-18/h2-12H,13-15,17H2,1H3/b12-9+,22-20+. The van der Waals surface area contributed by atoms with Gasteiger partial charge in [0, 0.05) is 11.4 Å². The van der Waals surface area contributed by atoms with Crippen molar-refractivity contribution in [3.63, 3.8) is 0 Å². The first kappa shape index (κ1) is 17.5. The number of hydrogen-bond acceptors (Lipinski definition) is 1. The summed E-state index contributed by atoms with van der Waals surface area (Å²) in [5, 5.41) is 9.87. The van der Waals surface area contributed by atoms with Crippen LogP contribution in [0, 0.1) is 16.7 Å². The molecule has 0 spiro atoms. The molecule has 0 N–H and O–H groups in total. The van der Waals surface area contributed by atoms with Crippen LogP contribution in [0.15, 0.2) is 66.2 Å². The highest BCUT2D eigenvalue weighted by Crippen LogP contribution is 2.46. The van der Waals surface area contributed by atoms with E-state index in [0.717, 1.165) is 29.8 Å². The lowest BCUT2D eigenvalue weighted by Crippen LogP contribution is -2.09. The second kappa shape index (κ2) is 7.72. The van der Waals surface area contributed by atoms with E-state index < -0.39 is 0 Å². The van der Waals surface area contributed by atoms with Crippen LogP contribution in [-0.2, 0) is 0 Å². The molecule has 1 nitrogen and oxygen atoms in total. The zero-order valence-electron chi connectivity index (χ0n) is 14.5. The average molecular weight is 348 g/mol. The van der Waals surface area contributed by atoms with Gasteiger partial charge in [0.2, 0.25) is 0 Å². The third-order valence-corrected chi connectivity index (χ3v) is 5.21. The molecule has 1 unspecified atom stereocenters. The monoisotopic (exact) mass is 347 g/mol. The van der Waals surface area contributed by atoms with E-state index in [4.69, 9.17) is 16.9 Å². The van der Waals surface area contributed by atoms with Gasteiger partial charge < -0.3 is 0 Å². The van der Waals surface area contributed by atoms with E-state index in [2.05, 4.69) is 49.4 Å². The maximum absolute atomic E-state index is 9.12. The highest BCUT2D eigenvalue weighted by Gasteiger charge is 2.32. The summed E-state index contributed by atoms with van der Waals surface area (Å²) >= 11 is 5.98. The van der Waals surface area contributed by atoms with Gasteiger partial charge in [-0.2, -0.15) is 5.26 Å². The largest absolute Gasteiger partial charge is 0.198 e. The highest BCUT2D eigenvalue weighted by atomic mass is 35.5. The lowest BCUT2D eigenvalue weighted by Gasteiger charge is -2.18. The molecule has 0 aliphatic heterocycles. The van der Waals surface area contributed by atoms with Gasteiger partial charge in [-0.05, 0) is 53.5 Å². The van der Waals surface area contributed by atoms with Crippen LogP contribution >= 0.6 is 11.6 Å². The predicted molar refractivity (Wildman–Crippen MR) is 106 cm³/mol. The van der Waals surface area contributed by atoms with Gasteiger partial charge in [0.05, 0.1) is 6.07 Å². The first-order valence-electron chi connectivity index (χ1n) is 8.68. The number of nitriles is 1. The van der Waals surface area contributed by atoms with E-state index in [9.17, 15) is 0 Å². The van der Waals surface area contributed by atoms with Crippen molar-refractivity contribution in [1.29, 1.82) is 5.26 Å². The Morgan fingerprint density at radius 1 is 1.16 bits per heavy atom. The molecule has 0 aromatic heterocycles. The zero-order chi connectivity index (χ0) is 17.7. The van der Waals surface area contributed by atoms with Crippen molar-refractivity contribution in [2.24, 2.45) is 5.41 Å². The Kier molecular flexibility index (Phi) is 5.41. The predicted octanol–water partition coefficient (Wildman–Crippen LogP) is 6.91. The molecule has 126 valence electrons. The summed E-state index contributed by atoms with van der Waals surface area (Å²) in [6.07, 6.45) is 8.13. The summed E-state index contributed by atoms with van der Waals surface area (Å²) in [4.78, 5) is 0. The van der Waals surface area contributed by atoms with Crippen LogP contribution in [0.4, 0.5) is 0 Å². The van der Waals surface area contributed by atoms with E-state index in [1.54, 1.807) is 0 Å². The molecular formula is C23H22ClN. The molecule has 1 aliphatic carbocycles. The Labute approximate surface area is 155 Å². The summed E-state index contributed by atoms with van der Waals surface area (Å²) in [6, 6.07) is 20.8. The van der Waals surface area contributed by atoms with E-state index in [1.165, 1.54) is 16.7 Å². The van der Waals surface area contributed by atoms with Crippen LogP contribution in [0.5, 0.6) is 0 Å². The molecule has 2 aromatic rings. The van der Waals surface area contributed by atoms with Crippen molar-refractivity contribution < 1.29 is 0 Å². The van der Waals surface area contributed by atoms with Gasteiger partial charge in [-0.25, -0.2) is 0 Å². The zero-order valence-corrected chi connectivity index (χ0v) is 15.3. The number of nitrogens with zero attached hydrogens (tertiary/aromatic N) is 1. The average Bonchev–Trinajstić information content (AvgIpc) is 3.00. The fraction of sp³-hybridized carbons (Fsp3) is 0.261. The van der Waals surface area contributed by atoms with Crippen molar-refractivity contribution in [2.45, 2.75) is 32.6 Å². The molecule has 0 bridgehead atoms. The highest BCUT2D eigenvalue weighted by molar-refractivity contribution is 6.30. The van der Waals surface area contributed by atoms with Crippen LogP contribution < -0.4 is 0 Å². The van der Waals surface area contributed by atoms with Gasteiger partial charge in [0.25, 0.3) is 0 Å². The molecule has 1 aliphatic rings. The van der Waals surface area contributed by atoms with Gasteiger partial charge >= 0.3 is 0 Å². The molecule has 1 saturated carbocycles. The number of rotatable bonds is 4. The van der Waals surface area contributed by atoms with Gasteiger partial charge in [-0.1, -0.05) is 78.7 Å². The first-order valence-corrected chi connectivity index (χ1v) is 9.05. The molecule has 0 heterocycles. The van der Waals surface area contributed by atoms with Crippen LogP contribution in [0.2, 0.25) is 5.02 Å². The summed E-state index contributed by atoms with van der Waals surface area (Å²) < 4.78 is 0. The Balaban J connectivity index is 1.96. The van der Waals surface area contributed by atoms with E-state index >= 15 is 0 Å². The first-order chi connectivity index (χ1) is 12.1. The van der Waals surface area contributed by atoms with Gasteiger partial charge in [0.15, 0.2) is 0 Å². The Morgan fingerprint density at radius 3 is 2.56 bits per heavy atom. The second-order valence-corrected chi connectivity index (χ2v) is 7.53. The quantitative estimate of drug-likeness (QED) is 0.589. The minimum atomic E-state index is 0.109. The van der Waals surface area contributed by atoms with Crippen molar-refractivity contribution in [3.8, 4) is 6.07 Å². The van der Waals surface area contributed by atoms with Crippen LogP contribution in [0.3, 0.4) is 0 Å². The van der Waals surface area contributed by atoms with Crippen molar-refractivity contribution in [3.05, 3.63) is 82.4 Å². The SMILES string of the molecule is CC1(CC#N)CC/C(=C(/C=C/c2ccc(Cl)cc2)c2ccccc2)C1. The Hall–Kier alpha value is -2.30. The van der Waals surface area contributed by atoms with Crippen molar-refractivity contribution in [2.75, 3.05) is 0 Å². The Bertz CT molecular complexity index is 825. The number of hydrogen-bond donors (Lipinski definition) is 0. The fourth-order valence-electron chi connectivity index (χ4n) is 3.51. The molecule has 0 amide bonds. The van der Waals surface area contributed by atoms with Crippen LogP contribution in [0.25, 0.3) is 11.6 Å². The van der Waals surface area contributed by atoms with Gasteiger partial charge in [0.1, 0.15) is 0 Å². The summed E-state index contributed by atoms with van der Waals surface area (Å²) in [6.45, 7) is 2.23. The topological polar surface area (TPSA) is 23.8 Å². The molecule has 3 rings (SSSR count). The van der Waals surface area contributed by atoms with E-state index in [0.29, 0.717) is 6.42 Å². The molecule has 0 radical (unpaired) electrons. The molecule has 0 saturated heterocycles. The molecule has 25 heavy (non-hydrogen) atoms. The molecule has 1 atom stereocenters. The maximum atomic E-state index is 9.12. The minimum Gasteiger partial charge on any atom is -0.198 e. The van der Waals surface area contributed by atoms with Gasteiger partial charge in [-0.3, -0.25) is 0 Å². The lowest BCUT2D eigenvalue weighted by molar-refractivity contribution is 0.353. The van der Waals surface area contributed by atoms with Gasteiger partial charge in [-0.15, -0.1) is 0 Å². The second-order valence-electron chi connectivity index (χ2n) is 7.09. The summed E-state index contributed by atoms with van der Waals surface area (Å²) in [5.41, 5.74) is 5.23. The molecule has 2 heteroatoms. The number of allylic oxidation sites excluding steroid dienone is 3. The summed E-state index contributed by atoms with van der Waals surface area (Å²) in [7, 11) is 0. The lowest BCUT2D eigenvalue weighted by atomic mass is 9.85. The smallest absolute Gasteiger partial charge is 0.0627 e. The van der Waals surface area contributed by atoms with Crippen LogP contribution in [-0.4, -0.2) is 0 Å². The summed E-state index contributed by atoms with van der Waals surface area (Å²) in [5.74, 6) is 0. The van der Waals surface area contributed by atoms with Crippen LogP contribution in [0.1, 0.15) is 43.7 Å².